The van der Waals surface area contributed by atoms with Crippen LogP contribution < -0.4 is 0 Å². The molecule has 0 aliphatic heterocycles. The van der Waals surface area contributed by atoms with E-state index in [1.807, 2.05) is 0 Å². The first kappa shape index (κ1) is 7.49. The first-order valence-corrected chi connectivity index (χ1v) is 4.15. The summed E-state index contributed by atoms with van der Waals surface area (Å²) in [5.41, 5.74) is 0. The smallest absolute Gasteiger partial charge is 0.148 e. The number of hydrogen-bond acceptors (Lipinski definition) is 0. The van der Waals surface area contributed by atoms with Crippen LogP contribution in [0.3, 0.4) is 0 Å². The molecule has 0 bridgehead atoms. The van der Waals surface area contributed by atoms with E-state index in [9.17, 15) is 0 Å². The Labute approximate surface area is 49.1 Å². The highest BCUT2D eigenvalue weighted by molar-refractivity contribution is 7.70. The fourth-order valence-electron chi connectivity index (χ4n) is 0.433. The summed E-state index contributed by atoms with van der Waals surface area (Å²) in [5, 5.41) is 0.438. The van der Waals surface area contributed by atoms with Gasteiger partial charge in [0.2, 0.25) is 0 Å². The SMILES string of the molecule is CP[B]C(C)(C)C. The second kappa shape index (κ2) is 2.72. The molecule has 0 saturated carbocycles. The van der Waals surface area contributed by atoms with Crippen LogP contribution in [0.4, 0.5) is 0 Å². The van der Waals surface area contributed by atoms with Gasteiger partial charge in [-0.15, -0.1) is 0 Å². The minimum atomic E-state index is 0.438. The Morgan fingerprint density at radius 1 is 1.29 bits per heavy atom. The normalized spacial score (nSPS) is 13.1. The van der Waals surface area contributed by atoms with E-state index in [0.29, 0.717) is 5.31 Å². The fourth-order valence-corrected chi connectivity index (χ4v) is 1.30. The van der Waals surface area contributed by atoms with Crippen LogP contribution in [-0.4, -0.2) is 13.7 Å². The Morgan fingerprint density at radius 3 is 1.71 bits per heavy atom. The van der Waals surface area contributed by atoms with Gasteiger partial charge in [0.15, 0.2) is 0 Å². The van der Waals surface area contributed by atoms with Crippen LogP contribution in [0, 0.1) is 0 Å². The third kappa shape index (κ3) is 6.49. The van der Waals surface area contributed by atoms with E-state index in [4.69, 9.17) is 0 Å². The van der Waals surface area contributed by atoms with Gasteiger partial charge in [-0.05, 0) is 0 Å². The topological polar surface area (TPSA) is 0 Å². The molecule has 0 aromatic rings. The maximum absolute atomic E-state index is 2.34. The molecule has 41 valence electrons. The minimum absolute atomic E-state index is 0.438. The standard InChI is InChI=1S/C5H13BP/c1-5(2,3)6-7-4/h7H,1-4H3. The lowest BCUT2D eigenvalue weighted by atomic mass is 9.73. The molecule has 0 heterocycles. The largest absolute Gasteiger partial charge is 0.165 e. The van der Waals surface area contributed by atoms with Crippen molar-refractivity contribution in [3.8, 4) is 0 Å². The molecule has 0 N–H and O–H groups in total. The van der Waals surface area contributed by atoms with E-state index in [2.05, 4.69) is 34.4 Å². The summed E-state index contributed by atoms with van der Waals surface area (Å²) >= 11 is 0. The van der Waals surface area contributed by atoms with E-state index >= 15 is 0 Å². The van der Waals surface area contributed by atoms with Crippen molar-refractivity contribution in [3.63, 3.8) is 0 Å². The Balaban J connectivity index is 3.15. The van der Waals surface area contributed by atoms with Gasteiger partial charge in [0.1, 0.15) is 7.00 Å². The highest BCUT2D eigenvalue weighted by atomic mass is 31.1. The molecule has 0 fully saturated rings. The highest BCUT2D eigenvalue weighted by Crippen LogP contribution is 2.26. The van der Waals surface area contributed by atoms with Gasteiger partial charge < -0.3 is 0 Å². The molecular weight excluding hydrogens is 102 g/mol. The maximum Gasteiger partial charge on any atom is 0.148 e. The van der Waals surface area contributed by atoms with Crippen LogP contribution >= 0.6 is 8.46 Å². The van der Waals surface area contributed by atoms with Gasteiger partial charge in [-0.2, -0.15) is 8.46 Å². The molecular formula is C5H13BP. The molecule has 0 aliphatic rings. The van der Waals surface area contributed by atoms with E-state index in [1.165, 1.54) is 0 Å². The Kier molecular flexibility index (Phi) is 2.91. The monoisotopic (exact) mass is 115 g/mol. The van der Waals surface area contributed by atoms with Crippen molar-refractivity contribution in [2.45, 2.75) is 26.1 Å². The van der Waals surface area contributed by atoms with E-state index in [-0.39, 0.29) is 0 Å². The summed E-state index contributed by atoms with van der Waals surface area (Å²) in [5.74, 6) is 0. The Bertz CT molecular complexity index is 46.5. The molecule has 0 aromatic heterocycles. The zero-order chi connectivity index (χ0) is 5.91. The molecule has 0 rings (SSSR count). The van der Waals surface area contributed by atoms with Gasteiger partial charge in [0.25, 0.3) is 0 Å². The minimum Gasteiger partial charge on any atom is -0.165 e. The molecule has 0 spiro atoms. The molecule has 7 heavy (non-hydrogen) atoms. The van der Waals surface area contributed by atoms with E-state index in [0.717, 1.165) is 8.46 Å². The summed E-state index contributed by atoms with van der Waals surface area (Å²) in [6.07, 6.45) is 0. The lowest BCUT2D eigenvalue weighted by molar-refractivity contribution is 0.763. The van der Waals surface area contributed by atoms with Gasteiger partial charge in [0.05, 0.1) is 0 Å². The van der Waals surface area contributed by atoms with Crippen molar-refractivity contribution >= 4 is 15.5 Å². The first-order valence-electron chi connectivity index (χ1n) is 2.58. The lowest BCUT2D eigenvalue weighted by Crippen LogP contribution is -2.01. The summed E-state index contributed by atoms with van der Waals surface area (Å²) in [6.45, 7) is 11.2. The van der Waals surface area contributed by atoms with Crippen molar-refractivity contribution in [2.24, 2.45) is 0 Å². The molecule has 1 unspecified atom stereocenters. The zero-order valence-electron chi connectivity index (χ0n) is 5.58. The maximum atomic E-state index is 2.34. The molecule has 0 saturated heterocycles. The average molecular weight is 115 g/mol. The zero-order valence-corrected chi connectivity index (χ0v) is 6.58. The van der Waals surface area contributed by atoms with Crippen LogP contribution in [0.5, 0.6) is 0 Å². The first-order chi connectivity index (χ1) is 3.06. The molecule has 0 aromatic carbocycles. The van der Waals surface area contributed by atoms with Crippen LogP contribution in [0.15, 0.2) is 0 Å². The summed E-state index contributed by atoms with van der Waals surface area (Å²) in [4.78, 5) is 0. The van der Waals surface area contributed by atoms with Crippen LogP contribution in [-0.2, 0) is 0 Å². The summed E-state index contributed by atoms with van der Waals surface area (Å²) in [7, 11) is 0.984. The second-order valence-electron chi connectivity index (χ2n) is 2.80. The van der Waals surface area contributed by atoms with E-state index in [1.54, 1.807) is 0 Å². The lowest BCUT2D eigenvalue weighted by Gasteiger charge is -2.13. The molecule has 0 nitrogen and oxygen atoms in total. The number of hydrogen-bond donors (Lipinski definition) is 0. The third-order valence-electron chi connectivity index (χ3n) is 0.577. The van der Waals surface area contributed by atoms with Crippen molar-refractivity contribution in [1.82, 2.24) is 0 Å². The predicted octanol–water partition coefficient (Wildman–Crippen LogP) is 2.13. The van der Waals surface area contributed by atoms with Crippen LogP contribution in [0.2, 0.25) is 5.31 Å². The molecule has 2 heteroatoms. The Hall–Kier alpha value is 0.495. The number of rotatable bonds is 1. The third-order valence-corrected chi connectivity index (χ3v) is 1.73. The van der Waals surface area contributed by atoms with Gasteiger partial charge in [-0.3, -0.25) is 0 Å². The van der Waals surface area contributed by atoms with Gasteiger partial charge in [-0.1, -0.05) is 32.8 Å². The molecule has 1 atom stereocenters. The van der Waals surface area contributed by atoms with Crippen LogP contribution in [0.25, 0.3) is 0 Å². The molecule has 1 radical (unpaired) electrons. The van der Waals surface area contributed by atoms with E-state index < -0.39 is 0 Å². The van der Waals surface area contributed by atoms with Crippen LogP contribution in [0.1, 0.15) is 20.8 Å². The predicted molar refractivity (Wildman–Crippen MR) is 39.7 cm³/mol. The summed E-state index contributed by atoms with van der Waals surface area (Å²) in [6, 6.07) is 0. The molecule has 0 amide bonds. The van der Waals surface area contributed by atoms with Gasteiger partial charge in [-0.25, -0.2) is 0 Å². The van der Waals surface area contributed by atoms with Crippen molar-refractivity contribution < 1.29 is 0 Å². The van der Waals surface area contributed by atoms with Crippen molar-refractivity contribution in [2.75, 3.05) is 6.66 Å². The average Bonchev–Trinajstić information content (AvgIpc) is 1.30. The highest BCUT2D eigenvalue weighted by Gasteiger charge is 2.08. The second-order valence-corrected chi connectivity index (χ2v) is 3.67. The quantitative estimate of drug-likeness (QED) is 0.362. The fraction of sp³-hybridized carbons (Fsp3) is 1.00. The van der Waals surface area contributed by atoms with Crippen molar-refractivity contribution in [1.29, 1.82) is 0 Å². The molecule has 0 aliphatic carbocycles. The van der Waals surface area contributed by atoms with Gasteiger partial charge >= 0.3 is 0 Å². The summed E-state index contributed by atoms with van der Waals surface area (Å²) < 4.78 is 0. The Morgan fingerprint density at radius 2 is 1.71 bits per heavy atom. The van der Waals surface area contributed by atoms with Gasteiger partial charge in [0, 0.05) is 0 Å². The van der Waals surface area contributed by atoms with Crippen molar-refractivity contribution in [3.05, 3.63) is 0 Å².